The van der Waals surface area contributed by atoms with E-state index in [1.807, 2.05) is 30.7 Å². The standard InChI is InChI=1S/C24H21BrF3N5O/c1-15-22(25)16(2)33(31-15)13-17-5-3-7-19(9-17)23(34)30-21-11-29-32(14-21)12-18-6-4-8-20(10-18)24(26,27)28/h3-11,14H,12-13H2,1-2H3,(H,30,34). The van der Waals surface area contributed by atoms with Crippen molar-refractivity contribution in [2.24, 2.45) is 0 Å². The summed E-state index contributed by atoms with van der Waals surface area (Å²) in [5.41, 5.74) is 3.49. The van der Waals surface area contributed by atoms with E-state index in [9.17, 15) is 18.0 Å². The first-order valence-corrected chi connectivity index (χ1v) is 11.2. The van der Waals surface area contributed by atoms with Crippen LogP contribution in [-0.2, 0) is 19.3 Å². The molecule has 0 saturated carbocycles. The Kier molecular flexibility index (Phi) is 6.60. The van der Waals surface area contributed by atoms with E-state index in [0.717, 1.165) is 33.6 Å². The highest BCUT2D eigenvalue weighted by molar-refractivity contribution is 9.10. The first-order valence-electron chi connectivity index (χ1n) is 10.4. The fourth-order valence-corrected chi connectivity index (χ4v) is 3.85. The molecule has 10 heteroatoms. The molecule has 2 aromatic carbocycles. The maximum atomic E-state index is 12.9. The second-order valence-corrected chi connectivity index (χ2v) is 8.71. The molecule has 2 aromatic heterocycles. The van der Waals surface area contributed by atoms with Gasteiger partial charge in [0.2, 0.25) is 0 Å². The highest BCUT2D eigenvalue weighted by Crippen LogP contribution is 2.29. The summed E-state index contributed by atoms with van der Waals surface area (Å²) in [6, 6.07) is 12.3. The Balaban J connectivity index is 1.43. The number of nitrogens with one attached hydrogen (secondary N) is 1. The minimum absolute atomic E-state index is 0.146. The van der Waals surface area contributed by atoms with Crippen LogP contribution in [0.25, 0.3) is 0 Å². The summed E-state index contributed by atoms with van der Waals surface area (Å²) in [5, 5.41) is 11.4. The maximum Gasteiger partial charge on any atom is 0.416 e. The molecule has 0 bridgehead atoms. The molecular weight excluding hydrogens is 511 g/mol. The van der Waals surface area contributed by atoms with Gasteiger partial charge >= 0.3 is 6.18 Å². The minimum atomic E-state index is -4.40. The Bertz CT molecular complexity index is 1340. The predicted octanol–water partition coefficient (Wildman–Crippen LogP) is 5.83. The van der Waals surface area contributed by atoms with E-state index in [0.29, 0.717) is 23.4 Å². The molecule has 0 aliphatic heterocycles. The molecule has 6 nitrogen and oxygen atoms in total. The number of benzene rings is 2. The third kappa shape index (κ3) is 5.39. The van der Waals surface area contributed by atoms with Crippen LogP contribution in [0.15, 0.2) is 65.4 Å². The van der Waals surface area contributed by atoms with Gasteiger partial charge in [0.15, 0.2) is 0 Å². The number of carbonyl (C=O) groups excluding carboxylic acids is 1. The molecular formula is C24H21BrF3N5O. The van der Waals surface area contributed by atoms with Crippen LogP contribution in [0.2, 0.25) is 0 Å². The normalized spacial score (nSPS) is 11.6. The Morgan fingerprint density at radius 3 is 2.44 bits per heavy atom. The van der Waals surface area contributed by atoms with Gasteiger partial charge in [0.25, 0.3) is 5.91 Å². The first-order chi connectivity index (χ1) is 16.1. The molecule has 0 saturated heterocycles. The SMILES string of the molecule is Cc1nn(Cc2cccc(C(=O)Nc3cnn(Cc4cccc(C(F)(F)F)c4)c3)c2)c(C)c1Br. The zero-order chi connectivity index (χ0) is 24.5. The van der Waals surface area contributed by atoms with Crippen LogP contribution < -0.4 is 5.32 Å². The summed E-state index contributed by atoms with van der Waals surface area (Å²) in [7, 11) is 0. The molecule has 0 aliphatic rings. The molecule has 176 valence electrons. The second kappa shape index (κ2) is 9.46. The fourth-order valence-electron chi connectivity index (χ4n) is 3.56. The lowest BCUT2D eigenvalue weighted by Crippen LogP contribution is -2.12. The van der Waals surface area contributed by atoms with Gasteiger partial charge in [-0.25, -0.2) is 0 Å². The summed E-state index contributed by atoms with van der Waals surface area (Å²) >= 11 is 3.52. The van der Waals surface area contributed by atoms with Gasteiger partial charge in [-0.05, 0) is 65.2 Å². The Hall–Kier alpha value is -3.40. The number of anilines is 1. The third-order valence-corrected chi connectivity index (χ3v) is 6.45. The number of carbonyl (C=O) groups is 1. The van der Waals surface area contributed by atoms with Crippen molar-refractivity contribution in [3.63, 3.8) is 0 Å². The second-order valence-electron chi connectivity index (χ2n) is 7.92. The monoisotopic (exact) mass is 531 g/mol. The van der Waals surface area contributed by atoms with Crippen molar-refractivity contribution in [2.75, 3.05) is 5.32 Å². The molecule has 1 amide bonds. The van der Waals surface area contributed by atoms with Crippen LogP contribution >= 0.6 is 15.9 Å². The number of nitrogens with zero attached hydrogens (tertiary/aromatic N) is 4. The average molecular weight is 532 g/mol. The summed E-state index contributed by atoms with van der Waals surface area (Å²) < 4.78 is 43.1. The first kappa shape index (κ1) is 23.7. The van der Waals surface area contributed by atoms with Gasteiger partial charge in [0.05, 0.1) is 46.4 Å². The summed E-state index contributed by atoms with van der Waals surface area (Å²) in [4.78, 5) is 12.8. The molecule has 0 aliphatic carbocycles. The number of aryl methyl sites for hydroxylation is 1. The van der Waals surface area contributed by atoms with E-state index < -0.39 is 11.7 Å². The quantitative estimate of drug-likeness (QED) is 0.340. The van der Waals surface area contributed by atoms with Crippen LogP contribution in [0.5, 0.6) is 0 Å². The number of hydrogen-bond acceptors (Lipinski definition) is 3. The van der Waals surface area contributed by atoms with Gasteiger partial charge in [0, 0.05) is 11.8 Å². The highest BCUT2D eigenvalue weighted by Gasteiger charge is 2.30. The van der Waals surface area contributed by atoms with Crippen molar-refractivity contribution in [1.82, 2.24) is 19.6 Å². The number of halogens is 4. The maximum absolute atomic E-state index is 12.9. The largest absolute Gasteiger partial charge is 0.416 e. The zero-order valence-corrected chi connectivity index (χ0v) is 20.0. The fraction of sp³-hybridized carbons (Fsp3) is 0.208. The molecule has 34 heavy (non-hydrogen) atoms. The number of hydrogen-bond donors (Lipinski definition) is 1. The number of alkyl halides is 3. The summed E-state index contributed by atoms with van der Waals surface area (Å²) in [6.07, 6.45) is -1.36. The van der Waals surface area contributed by atoms with Crippen LogP contribution in [0, 0.1) is 13.8 Å². The van der Waals surface area contributed by atoms with Crippen LogP contribution in [0.4, 0.5) is 18.9 Å². The summed E-state index contributed by atoms with van der Waals surface area (Å²) in [6.45, 7) is 4.56. The van der Waals surface area contributed by atoms with Crippen molar-refractivity contribution < 1.29 is 18.0 Å². The predicted molar refractivity (Wildman–Crippen MR) is 126 cm³/mol. The average Bonchev–Trinajstić information content (AvgIpc) is 3.32. The van der Waals surface area contributed by atoms with E-state index in [-0.39, 0.29) is 12.5 Å². The van der Waals surface area contributed by atoms with Crippen LogP contribution in [0.1, 0.15) is 38.4 Å². The molecule has 0 spiro atoms. The smallest absolute Gasteiger partial charge is 0.319 e. The zero-order valence-electron chi connectivity index (χ0n) is 18.4. The van der Waals surface area contributed by atoms with Gasteiger partial charge < -0.3 is 5.32 Å². The molecule has 0 radical (unpaired) electrons. The molecule has 1 N–H and O–H groups in total. The number of aromatic nitrogens is 4. The molecule has 4 rings (SSSR count). The molecule has 0 atom stereocenters. The molecule has 2 heterocycles. The minimum Gasteiger partial charge on any atom is -0.319 e. The lowest BCUT2D eigenvalue weighted by molar-refractivity contribution is -0.137. The Labute approximate surface area is 202 Å². The molecule has 4 aromatic rings. The topological polar surface area (TPSA) is 64.7 Å². The number of amides is 1. The van der Waals surface area contributed by atoms with Crippen LogP contribution in [-0.4, -0.2) is 25.5 Å². The van der Waals surface area contributed by atoms with Gasteiger partial charge in [-0.3, -0.25) is 14.2 Å². The van der Waals surface area contributed by atoms with E-state index in [1.54, 1.807) is 24.4 Å². The Morgan fingerprint density at radius 2 is 1.76 bits per heavy atom. The van der Waals surface area contributed by atoms with Crippen molar-refractivity contribution in [3.8, 4) is 0 Å². The molecule has 0 fully saturated rings. The van der Waals surface area contributed by atoms with Crippen molar-refractivity contribution in [1.29, 1.82) is 0 Å². The van der Waals surface area contributed by atoms with Crippen molar-refractivity contribution in [3.05, 3.63) is 99.0 Å². The van der Waals surface area contributed by atoms with Crippen molar-refractivity contribution >= 4 is 27.5 Å². The lowest BCUT2D eigenvalue weighted by Gasteiger charge is -2.09. The molecule has 0 unspecified atom stereocenters. The lowest BCUT2D eigenvalue weighted by atomic mass is 10.1. The van der Waals surface area contributed by atoms with E-state index in [2.05, 4.69) is 31.4 Å². The third-order valence-electron chi connectivity index (χ3n) is 5.30. The highest BCUT2D eigenvalue weighted by atomic mass is 79.9. The van der Waals surface area contributed by atoms with Crippen molar-refractivity contribution in [2.45, 2.75) is 33.1 Å². The van der Waals surface area contributed by atoms with E-state index in [1.165, 1.54) is 16.9 Å². The van der Waals surface area contributed by atoms with Gasteiger partial charge in [0.1, 0.15) is 0 Å². The van der Waals surface area contributed by atoms with Crippen LogP contribution in [0.3, 0.4) is 0 Å². The van der Waals surface area contributed by atoms with Gasteiger partial charge in [-0.1, -0.05) is 24.3 Å². The number of rotatable bonds is 6. The Morgan fingerprint density at radius 1 is 1.06 bits per heavy atom. The van der Waals surface area contributed by atoms with E-state index >= 15 is 0 Å². The van der Waals surface area contributed by atoms with E-state index in [4.69, 9.17) is 0 Å². The van der Waals surface area contributed by atoms with Gasteiger partial charge in [-0.15, -0.1) is 0 Å². The summed E-state index contributed by atoms with van der Waals surface area (Å²) in [5.74, 6) is -0.310. The van der Waals surface area contributed by atoms with Gasteiger partial charge in [-0.2, -0.15) is 23.4 Å².